The number of carbonyl (C=O) groups excluding carboxylic acids is 1. The average molecular weight is 195 g/mol. The van der Waals surface area contributed by atoms with Crippen molar-refractivity contribution in [3.63, 3.8) is 0 Å². The van der Waals surface area contributed by atoms with Crippen LogP contribution < -0.4 is 5.73 Å². The van der Waals surface area contributed by atoms with E-state index in [2.05, 4.69) is 0 Å². The van der Waals surface area contributed by atoms with Crippen LogP contribution in [0.5, 0.6) is 0 Å². The van der Waals surface area contributed by atoms with Crippen molar-refractivity contribution in [2.45, 2.75) is 31.9 Å². The SMILES string of the molecule is NCc1ccc(C(=O)OC2CCC2)o1. The van der Waals surface area contributed by atoms with Crippen LogP contribution in [0.4, 0.5) is 0 Å². The van der Waals surface area contributed by atoms with E-state index in [9.17, 15) is 4.79 Å². The number of hydrogen-bond donors (Lipinski definition) is 1. The second-order valence-electron chi connectivity index (χ2n) is 3.43. The summed E-state index contributed by atoms with van der Waals surface area (Å²) in [5.41, 5.74) is 5.36. The Morgan fingerprint density at radius 2 is 2.36 bits per heavy atom. The van der Waals surface area contributed by atoms with Gasteiger partial charge in [0.1, 0.15) is 11.9 Å². The molecule has 1 aliphatic carbocycles. The summed E-state index contributed by atoms with van der Waals surface area (Å²) in [5, 5.41) is 0. The Balaban J connectivity index is 1.95. The molecular weight excluding hydrogens is 182 g/mol. The maximum Gasteiger partial charge on any atom is 0.374 e. The molecule has 1 fully saturated rings. The van der Waals surface area contributed by atoms with Crippen molar-refractivity contribution >= 4 is 5.97 Å². The highest BCUT2D eigenvalue weighted by Gasteiger charge is 2.23. The molecule has 4 nitrogen and oxygen atoms in total. The Bertz CT molecular complexity index is 328. The van der Waals surface area contributed by atoms with Crippen molar-refractivity contribution in [3.8, 4) is 0 Å². The molecule has 2 N–H and O–H groups in total. The first-order chi connectivity index (χ1) is 6.79. The first-order valence-corrected chi connectivity index (χ1v) is 4.79. The maximum absolute atomic E-state index is 11.4. The standard InChI is InChI=1S/C10H13NO3/c11-6-8-4-5-9(13-8)10(12)14-7-2-1-3-7/h4-5,7H,1-3,6,11H2. The molecule has 0 bridgehead atoms. The summed E-state index contributed by atoms with van der Waals surface area (Å²) in [4.78, 5) is 11.4. The first-order valence-electron chi connectivity index (χ1n) is 4.79. The van der Waals surface area contributed by atoms with Crippen molar-refractivity contribution in [1.82, 2.24) is 0 Å². The molecule has 1 heterocycles. The number of rotatable bonds is 3. The van der Waals surface area contributed by atoms with Gasteiger partial charge < -0.3 is 14.9 Å². The molecule has 0 unspecified atom stereocenters. The van der Waals surface area contributed by atoms with Crippen molar-refractivity contribution in [2.24, 2.45) is 5.73 Å². The molecule has 76 valence electrons. The fourth-order valence-electron chi connectivity index (χ4n) is 1.30. The highest BCUT2D eigenvalue weighted by Crippen LogP contribution is 2.23. The Hall–Kier alpha value is -1.29. The van der Waals surface area contributed by atoms with Crippen molar-refractivity contribution in [1.29, 1.82) is 0 Å². The lowest BCUT2D eigenvalue weighted by Crippen LogP contribution is -2.24. The van der Waals surface area contributed by atoms with E-state index < -0.39 is 0 Å². The van der Waals surface area contributed by atoms with E-state index in [1.165, 1.54) is 0 Å². The second-order valence-corrected chi connectivity index (χ2v) is 3.43. The summed E-state index contributed by atoms with van der Waals surface area (Å²) in [7, 11) is 0. The lowest BCUT2D eigenvalue weighted by Gasteiger charge is -2.24. The lowest BCUT2D eigenvalue weighted by molar-refractivity contribution is 0.00564. The number of nitrogens with two attached hydrogens (primary N) is 1. The quantitative estimate of drug-likeness (QED) is 0.741. The lowest BCUT2D eigenvalue weighted by atomic mass is 9.96. The summed E-state index contributed by atoms with van der Waals surface area (Å²) < 4.78 is 10.3. The molecule has 0 saturated heterocycles. The molecule has 4 heteroatoms. The Morgan fingerprint density at radius 3 is 2.86 bits per heavy atom. The second kappa shape index (κ2) is 3.84. The predicted molar refractivity (Wildman–Crippen MR) is 49.7 cm³/mol. The molecule has 0 aliphatic heterocycles. The molecule has 1 aliphatic rings. The van der Waals surface area contributed by atoms with E-state index in [4.69, 9.17) is 14.9 Å². The van der Waals surface area contributed by atoms with Crippen LogP contribution in [0.3, 0.4) is 0 Å². The Kier molecular flexibility index (Phi) is 2.54. The minimum absolute atomic E-state index is 0.0916. The molecule has 0 aromatic carbocycles. The topological polar surface area (TPSA) is 65.5 Å². The van der Waals surface area contributed by atoms with Crippen LogP contribution in [0.25, 0.3) is 0 Å². The molecule has 0 spiro atoms. The third kappa shape index (κ3) is 1.80. The van der Waals surface area contributed by atoms with Gasteiger partial charge in [0.05, 0.1) is 6.54 Å². The van der Waals surface area contributed by atoms with Crippen molar-refractivity contribution in [2.75, 3.05) is 0 Å². The molecule has 1 aromatic rings. The first kappa shape index (κ1) is 9.27. The zero-order valence-corrected chi connectivity index (χ0v) is 7.86. The van der Waals surface area contributed by atoms with E-state index in [1.807, 2.05) is 0 Å². The molecule has 0 radical (unpaired) electrons. The summed E-state index contributed by atoms with van der Waals surface area (Å²) in [6, 6.07) is 3.29. The number of esters is 1. The van der Waals surface area contributed by atoms with Gasteiger partial charge in [0, 0.05) is 0 Å². The molecule has 14 heavy (non-hydrogen) atoms. The smallest absolute Gasteiger partial charge is 0.374 e. The normalized spacial score (nSPS) is 16.4. The summed E-state index contributed by atoms with van der Waals surface area (Å²) in [5.74, 6) is 0.470. The Labute approximate surface area is 82.0 Å². The van der Waals surface area contributed by atoms with E-state index in [1.54, 1.807) is 12.1 Å². The van der Waals surface area contributed by atoms with Gasteiger partial charge in [-0.15, -0.1) is 0 Å². The zero-order chi connectivity index (χ0) is 9.97. The van der Waals surface area contributed by atoms with Gasteiger partial charge in [-0.25, -0.2) is 4.79 Å². The van der Waals surface area contributed by atoms with Gasteiger partial charge in [-0.05, 0) is 31.4 Å². The molecule has 0 amide bonds. The fraction of sp³-hybridized carbons (Fsp3) is 0.500. The van der Waals surface area contributed by atoms with Crippen LogP contribution in [0.15, 0.2) is 16.5 Å². The molecular formula is C10H13NO3. The van der Waals surface area contributed by atoms with Crippen LogP contribution in [-0.4, -0.2) is 12.1 Å². The van der Waals surface area contributed by atoms with Gasteiger partial charge >= 0.3 is 5.97 Å². The minimum atomic E-state index is -0.380. The highest BCUT2D eigenvalue weighted by atomic mass is 16.6. The van der Waals surface area contributed by atoms with Crippen molar-refractivity contribution in [3.05, 3.63) is 23.7 Å². The number of ether oxygens (including phenoxy) is 1. The molecule has 1 aromatic heterocycles. The number of furan rings is 1. The minimum Gasteiger partial charge on any atom is -0.457 e. The van der Waals surface area contributed by atoms with E-state index in [0.717, 1.165) is 19.3 Å². The largest absolute Gasteiger partial charge is 0.457 e. The zero-order valence-electron chi connectivity index (χ0n) is 7.86. The van der Waals surface area contributed by atoms with Crippen LogP contribution in [-0.2, 0) is 11.3 Å². The maximum atomic E-state index is 11.4. The summed E-state index contributed by atoms with van der Waals surface area (Å²) >= 11 is 0. The summed E-state index contributed by atoms with van der Waals surface area (Å²) in [6.45, 7) is 0.302. The Morgan fingerprint density at radius 1 is 1.57 bits per heavy atom. The predicted octanol–water partition coefficient (Wildman–Crippen LogP) is 1.45. The molecule has 0 atom stereocenters. The van der Waals surface area contributed by atoms with Gasteiger partial charge in [0.15, 0.2) is 0 Å². The van der Waals surface area contributed by atoms with Gasteiger partial charge in [0.25, 0.3) is 0 Å². The fourth-order valence-corrected chi connectivity index (χ4v) is 1.30. The number of carbonyl (C=O) groups is 1. The van der Waals surface area contributed by atoms with E-state index in [-0.39, 0.29) is 17.8 Å². The van der Waals surface area contributed by atoms with E-state index in [0.29, 0.717) is 12.3 Å². The molecule has 1 saturated carbocycles. The van der Waals surface area contributed by atoms with Crippen LogP contribution in [0.2, 0.25) is 0 Å². The third-order valence-corrected chi connectivity index (χ3v) is 2.39. The summed E-state index contributed by atoms with van der Waals surface area (Å²) in [6.07, 6.45) is 3.17. The van der Waals surface area contributed by atoms with Gasteiger partial charge in [-0.1, -0.05) is 0 Å². The van der Waals surface area contributed by atoms with E-state index >= 15 is 0 Å². The monoisotopic (exact) mass is 195 g/mol. The van der Waals surface area contributed by atoms with Crippen LogP contribution in [0, 0.1) is 0 Å². The van der Waals surface area contributed by atoms with Gasteiger partial charge in [-0.2, -0.15) is 0 Å². The van der Waals surface area contributed by atoms with Gasteiger partial charge in [0.2, 0.25) is 5.76 Å². The number of hydrogen-bond acceptors (Lipinski definition) is 4. The average Bonchev–Trinajstić information content (AvgIpc) is 2.59. The molecule has 2 rings (SSSR count). The highest BCUT2D eigenvalue weighted by molar-refractivity contribution is 5.86. The van der Waals surface area contributed by atoms with Crippen molar-refractivity contribution < 1.29 is 13.9 Å². The van der Waals surface area contributed by atoms with Crippen LogP contribution in [0.1, 0.15) is 35.6 Å². The van der Waals surface area contributed by atoms with Gasteiger partial charge in [-0.3, -0.25) is 0 Å². The van der Waals surface area contributed by atoms with Crippen LogP contribution >= 0.6 is 0 Å². The third-order valence-electron chi connectivity index (χ3n) is 2.39.